The Kier molecular flexibility index (Phi) is 7.04. The summed E-state index contributed by atoms with van der Waals surface area (Å²) in [5.41, 5.74) is 3.34. The summed E-state index contributed by atoms with van der Waals surface area (Å²) < 4.78 is 5.57. The van der Waals surface area contributed by atoms with E-state index >= 15 is 0 Å². The standard InChI is InChI=1S/C38H55N3O4/c1-22-11-14-38(33(43)44)16-15-36(7)26(29(38)23(22)2)9-10-28-35(6)21-25-30(32(42)41-17-19-45-20-18-41)39-24(3)40-31(25)34(4,5)27(35)12-13-37(28,36)8/h9,22-23,27-29H,10-21H2,1-8H3,(H,43,44)/t22-,23+,27+,28-,29+,35+,36-,37-,38+/m1/s1. The van der Waals surface area contributed by atoms with Crippen LogP contribution in [-0.2, 0) is 21.4 Å². The minimum Gasteiger partial charge on any atom is -0.481 e. The van der Waals surface area contributed by atoms with Gasteiger partial charge >= 0.3 is 5.97 Å². The molecule has 7 rings (SSSR count). The molecule has 0 bridgehead atoms. The normalized spacial score (nSPS) is 43.5. The zero-order valence-electron chi connectivity index (χ0n) is 29.0. The Balaban J connectivity index is 1.34. The van der Waals surface area contributed by atoms with Crippen LogP contribution in [0.2, 0.25) is 0 Å². The van der Waals surface area contributed by atoms with E-state index in [0.717, 1.165) is 62.6 Å². The number of carbonyl (C=O) groups excluding carboxylic acids is 1. The third-order valence-corrected chi connectivity index (χ3v) is 15.3. The minimum atomic E-state index is -0.628. The van der Waals surface area contributed by atoms with E-state index in [-0.39, 0.29) is 33.5 Å². The monoisotopic (exact) mass is 617 g/mol. The zero-order chi connectivity index (χ0) is 32.3. The quantitative estimate of drug-likeness (QED) is 0.359. The van der Waals surface area contributed by atoms with Crippen LogP contribution in [0.3, 0.4) is 0 Å². The zero-order valence-corrected chi connectivity index (χ0v) is 29.0. The van der Waals surface area contributed by atoms with Crippen LogP contribution in [0.25, 0.3) is 0 Å². The molecule has 1 aliphatic heterocycles. The summed E-state index contributed by atoms with van der Waals surface area (Å²) in [6.07, 6.45) is 10.1. The SMILES string of the molecule is Cc1nc(C(=O)N2CCOCC2)c2c(n1)C(C)(C)[C@@H]1CC[C@]3(C)[C@H](CC=C4[C@@H]5[C@@H](C)[C@H](C)CC[C@]5(C(=O)O)CC[C@]43C)[C@@]1(C)C2. The molecular formula is C38H55N3O4. The molecule has 0 spiro atoms. The van der Waals surface area contributed by atoms with Crippen LogP contribution in [0, 0.1) is 58.2 Å². The first-order valence-electron chi connectivity index (χ1n) is 17.8. The molecule has 1 saturated heterocycles. The first kappa shape index (κ1) is 31.3. The van der Waals surface area contributed by atoms with Gasteiger partial charge in [0.15, 0.2) is 0 Å². The summed E-state index contributed by atoms with van der Waals surface area (Å²) in [6.45, 7) is 21.3. The Bertz CT molecular complexity index is 1460. The van der Waals surface area contributed by atoms with Crippen molar-refractivity contribution in [1.82, 2.24) is 14.9 Å². The van der Waals surface area contributed by atoms with Gasteiger partial charge in [-0.2, -0.15) is 0 Å². The first-order chi connectivity index (χ1) is 21.1. The molecule has 246 valence electrons. The average Bonchev–Trinajstić information content (AvgIpc) is 2.99. The van der Waals surface area contributed by atoms with Gasteiger partial charge in [-0.05, 0) is 104 Å². The molecule has 1 aromatic heterocycles. The number of rotatable bonds is 2. The predicted octanol–water partition coefficient (Wildman–Crippen LogP) is 7.01. The van der Waals surface area contributed by atoms with Crippen LogP contribution in [0.15, 0.2) is 11.6 Å². The number of ether oxygens (including phenoxy) is 1. The highest BCUT2D eigenvalue weighted by Crippen LogP contribution is 2.75. The molecular weight excluding hydrogens is 562 g/mol. The Labute approximate surface area is 270 Å². The topological polar surface area (TPSA) is 92.6 Å². The van der Waals surface area contributed by atoms with Gasteiger partial charge in [-0.25, -0.2) is 9.97 Å². The van der Waals surface area contributed by atoms with Crippen molar-refractivity contribution in [3.8, 4) is 0 Å². The largest absolute Gasteiger partial charge is 0.481 e. The van der Waals surface area contributed by atoms with Gasteiger partial charge < -0.3 is 14.7 Å². The van der Waals surface area contributed by atoms with Gasteiger partial charge in [0.2, 0.25) is 0 Å². The highest BCUT2D eigenvalue weighted by Gasteiger charge is 2.69. The van der Waals surface area contributed by atoms with E-state index in [1.165, 1.54) is 5.57 Å². The molecule has 0 unspecified atom stereocenters. The van der Waals surface area contributed by atoms with Crippen LogP contribution >= 0.6 is 0 Å². The summed E-state index contributed by atoms with van der Waals surface area (Å²) in [5, 5.41) is 10.8. The van der Waals surface area contributed by atoms with Crippen LogP contribution in [0.5, 0.6) is 0 Å². The molecule has 1 N–H and O–H groups in total. The maximum Gasteiger partial charge on any atom is 0.310 e. The molecule has 0 radical (unpaired) electrons. The van der Waals surface area contributed by atoms with E-state index < -0.39 is 11.4 Å². The van der Waals surface area contributed by atoms with E-state index in [0.29, 0.717) is 61.5 Å². The van der Waals surface area contributed by atoms with Gasteiger partial charge in [-0.3, -0.25) is 9.59 Å². The maximum atomic E-state index is 14.1. The van der Waals surface area contributed by atoms with Crippen LogP contribution in [-0.4, -0.2) is 58.2 Å². The van der Waals surface area contributed by atoms with Crippen molar-refractivity contribution >= 4 is 11.9 Å². The predicted molar refractivity (Wildman–Crippen MR) is 174 cm³/mol. The van der Waals surface area contributed by atoms with Crippen molar-refractivity contribution in [3.63, 3.8) is 0 Å². The summed E-state index contributed by atoms with van der Waals surface area (Å²) in [7, 11) is 0. The second-order valence-electron chi connectivity index (χ2n) is 17.4. The molecule has 3 saturated carbocycles. The lowest BCUT2D eigenvalue weighted by Crippen LogP contribution is -2.65. The molecule has 6 aliphatic rings. The van der Waals surface area contributed by atoms with Gasteiger partial charge in [0.05, 0.1) is 24.3 Å². The minimum absolute atomic E-state index is 0.0203. The second-order valence-corrected chi connectivity index (χ2v) is 17.4. The van der Waals surface area contributed by atoms with Gasteiger partial charge in [-0.1, -0.05) is 60.1 Å². The summed E-state index contributed by atoms with van der Waals surface area (Å²) in [5.74, 6) is 1.99. The van der Waals surface area contributed by atoms with Crippen LogP contribution < -0.4 is 0 Å². The fraction of sp³-hybridized carbons (Fsp3) is 0.789. The number of hydrogen-bond acceptors (Lipinski definition) is 5. The molecule has 2 heterocycles. The number of fused-ring (bicyclic) bond motifs is 8. The molecule has 45 heavy (non-hydrogen) atoms. The third kappa shape index (κ3) is 4.04. The number of nitrogens with zero attached hydrogens (tertiary/aromatic N) is 3. The fourth-order valence-corrected chi connectivity index (χ4v) is 12.6. The van der Waals surface area contributed by atoms with Crippen molar-refractivity contribution in [3.05, 3.63) is 34.4 Å². The molecule has 4 fully saturated rings. The van der Waals surface area contributed by atoms with E-state index in [4.69, 9.17) is 14.7 Å². The number of aryl methyl sites for hydroxylation is 1. The fourth-order valence-electron chi connectivity index (χ4n) is 12.6. The van der Waals surface area contributed by atoms with E-state index in [9.17, 15) is 14.7 Å². The Hall–Kier alpha value is -2.28. The summed E-state index contributed by atoms with van der Waals surface area (Å²) >= 11 is 0. The lowest BCUT2D eigenvalue weighted by atomic mass is 9.33. The number of aromatic nitrogens is 2. The number of amides is 1. The molecule has 7 nitrogen and oxygen atoms in total. The number of carboxylic acid groups (broad SMARTS) is 1. The lowest BCUT2D eigenvalue weighted by molar-refractivity contribution is -0.179. The molecule has 9 atom stereocenters. The number of morpholine rings is 1. The van der Waals surface area contributed by atoms with Gasteiger partial charge in [0, 0.05) is 24.1 Å². The summed E-state index contributed by atoms with van der Waals surface area (Å²) in [4.78, 5) is 39.0. The van der Waals surface area contributed by atoms with Crippen molar-refractivity contribution in [2.75, 3.05) is 26.3 Å². The Morgan fingerprint density at radius 2 is 1.67 bits per heavy atom. The number of allylic oxidation sites excluding steroid dienone is 2. The van der Waals surface area contributed by atoms with Crippen LogP contribution in [0.1, 0.15) is 121 Å². The average molecular weight is 618 g/mol. The van der Waals surface area contributed by atoms with Gasteiger partial charge in [0.1, 0.15) is 11.5 Å². The number of hydrogen-bond donors (Lipinski definition) is 1. The van der Waals surface area contributed by atoms with E-state index in [1.807, 2.05) is 11.8 Å². The van der Waals surface area contributed by atoms with E-state index in [1.54, 1.807) is 0 Å². The molecule has 7 heteroatoms. The van der Waals surface area contributed by atoms with Crippen molar-refractivity contribution in [1.29, 1.82) is 0 Å². The van der Waals surface area contributed by atoms with Crippen molar-refractivity contribution in [2.45, 2.75) is 112 Å². The maximum absolute atomic E-state index is 14.1. The second kappa shape index (κ2) is 10.1. The third-order valence-electron chi connectivity index (χ3n) is 15.3. The van der Waals surface area contributed by atoms with Gasteiger partial charge in [0.25, 0.3) is 5.91 Å². The Morgan fingerprint density at radius 3 is 2.36 bits per heavy atom. The van der Waals surface area contributed by atoms with Gasteiger partial charge in [-0.15, -0.1) is 0 Å². The summed E-state index contributed by atoms with van der Waals surface area (Å²) in [6, 6.07) is 0. The molecule has 0 aromatic carbocycles. The van der Waals surface area contributed by atoms with E-state index in [2.05, 4.69) is 54.5 Å². The van der Waals surface area contributed by atoms with Crippen molar-refractivity contribution < 1.29 is 19.4 Å². The number of aliphatic carboxylic acids is 1. The first-order valence-corrected chi connectivity index (χ1v) is 17.8. The molecule has 5 aliphatic carbocycles. The highest BCUT2D eigenvalue weighted by molar-refractivity contribution is 5.94. The molecule has 1 amide bonds. The number of carboxylic acids is 1. The lowest BCUT2D eigenvalue weighted by Gasteiger charge is -2.70. The van der Waals surface area contributed by atoms with Crippen molar-refractivity contribution in [2.24, 2.45) is 51.2 Å². The van der Waals surface area contributed by atoms with Crippen LogP contribution in [0.4, 0.5) is 0 Å². The molecule has 1 aromatic rings. The number of carbonyl (C=O) groups is 2. The highest BCUT2D eigenvalue weighted by atomic mass is 16.5. The smallest absolute Gasteiger partial charge is 0.310 e. The Morgan fingerprint density at radius 1 is 0.956 bits per heavy atom.